The van der Waals surface area contributed by atoms with E-state index in [9.17, 15) is 4.79 Å². The summed E-state index contributed by atoms with van der Waals surface area (Å²) in [6, 6.07) is 10.5. The van der Waals surface area contributed by atoms with Gasteiger partial charge < -0.3 is 4.90 Å². The molecule has 2 heterocycles. The van der Waals surface area contributed by atoms with Crippen molar-refractivity contribution in [1.82, 2.24) is 4.90 Å². The third-order valence-electron chi connectivity index (χ3n) is 3.97. The van der Waals surface area contributed by atoms with E-state index >= 15 is 0 Å². The van der Waals surface area contributed by atoms with Gasteiger partial charge in [-0.2, -0.15) is 0 Å². The maximum atomic E-state index is 12.6. The third kappa shape index (κ3) is 2.38. The van der Waals surface area contributed by atoms with E-state index in [0.29, 0.717) is 0 Å². The molecular formula is C17H19NOS. The Labute approximate surface area is 124 Å². The average molecular weight is 285 g/mol. The van der Waals surface area contributed by atoms with Gasteiger partial charge in [0, 0.05) is 18.0 Å². The van der Waals surface area contributed by atoms with Crippen molar-refractivity contribution in [2.24, 2.45) is 0 Å². The van der Waals surface area contributed by atoms with Crippen molar-refractivity contribution in [1.29, 1.82) is 0 Å². The SMILES string of the molecule is CCc1sc(C(=O)N2CCc3ccccc3C2)cc1C. The summed E-state index contributed by atoms with van der Waals surface area (Å²) in [7, 11) is 0. The lowest BCUT2D eigenvalue weighted by Crippen LogP contribution is -2.35. The average Bonchev–Trinajstić information content (AvgIpc) is 2.87. The van der Waals surface area contributed by atoms with Gasteiger partial charge >= 0.3 is 0 Å². The van der Waals surface area contributed by atoms with Crippen molar-refractivity contribution in [3.05, 3.63) is 56.8 Å². The zero-order chi connectivity index (χ0) is 14.1. The predicted molar refractivity (Wildman–Crippen MR) is 83.3 cm³/mol. The van der Waals surface area contributed by atoms with Gasteiger partial charge in [-0.05, 0) is 42.5 Å². The fraction of sp³-hybridized carbons (Fsp3) is 0.353. The Hall–Kier alpha value is -1.61. The summed E-state index contributed by atoms with van der Waals surface area (Å²) < 4.78 is 0. The summed E-state index contributed by atoms with van der Waals surface area (Å²) in [5, 5.41) is 0. The van der Waals surface area contributed by atoms with Crippen molar-refractivity contribution in [3.8, 4) is 0 Å². The van der Waals surface area contributed by atoms with Gasteiger partial charge in [0.25, 0.3) is 5.91 Å². The van der Waals surface area contributed by atoms with Crippen molar-refractivity contribution in [3.63, 3.8) is 0 Å². The molecule has 0 spiro atoms. The van der Waals surface area contributed by atoms with Crippen LogP contribution in [0.2, 0.25) is 0 Å². The first-order valence-corrected chi connectivity index (χ1v) is 7.96. The minimum Gasteiger partial charge on any atom is -0.333 e. The molecule has 3 rings (SSSR count). The van der Waals surface area contributed by atoms with Crippen LogP contribution in [0.5, 0.6) is 0 Å². The number of benzene rings is 1. The van der Waals surface area contributed by atoms with Crippen molar-refractivity contribution < 1.29 is 4.79 Å². The monoisotopic (exact) mass is 285 g/mol. The molecule has 0 radical (unpaired) electrons. The van der Waals surface area contributed by atoms with E-state index in [1.54, 1.807) is 11.3 Å². The lowest BCUT2D eigenvalue weighted by atomic mass is 10.00. The molecule has 2 aromatic rings. The number of hydrogen-bond acceptors (Lipinski definition) is 2. The highest BCUT2D eigenvalue weighted by Crippen LogP contribution is 2.26. The molecule has 0 atom stereocenters. The van der Waals surface area contributed by atoms with Gasteiger partial charge in [-0.3, -0.25) is 4.79 Å². The first-order chi connectivity index (χ1) is 9.69. The number of amides is 1. The van der Waals surface area contributed by atoms with Crippen LogP contribution in [0, 0.1) is 6.92 Å². The molecule has 104 valence electrons. The second-order valence-corrected chi connectivity index (χ2v) is 6.45. The van der Waals surface area contributed by atoms with Crippen LogP contribution in [0.1, 0.15) is 38.2 Å². The summed E-state index contributed by atoms with van der Waals surface area (Å²) >= 11 is 1.65. The molecule has 1 aromatic carbocycles. The van der Waals surface area contributed by atoms with E-state index in [0.717, 1.165) is 30.8 Å². The Bertz CT molecular complexity index is 644. The van der Waals surface area contributed by atoms with Crippen LogP contribution in [-0.4, -0.2) is 17.4 Å². The maximum Gasteiger partial charge on any atom is 0.264 e. The number of carbonyl (C=O) groups is 1. The van der Waals surface area contributed by atoms with Gasteiger partial charge in [-0.15, -0.1) is 11.3 Å². The molecule has 0 fully saturated rings. The Morgan fingerprint density at radius 1 is 1.30 bits per heavy atom. The summed E-state index contributed by atoms with van der Waals surface area (Å²) in [6.07, 6.45) is 1.97. The molecule has 1 amide bonds. The van der Waals surface area contributed by atoms with E-state index in [-0.39, 0.29) is 5.91 Å². The van der Waals surface area contributed by atoms with Gasteiger partial charge in [0.15, 0.2) is 0 Å². The van der Waals surface area contributed by atoms with Gasteiger partial charge in [0.1, 0.15) is 0 Å². The quantitative estimate of drug-likeness (QED) is 0.821. The first-order valence-electron chi connectivity index (χ1n) is 7.14. The van der Waals surface area contributed by atoms with E-state index in [1.165, 1.54) is 21.6 Å². The Morgan fingerprint density at radius 3 is 2.75 bits per heavy atom. The number of carbonyl (C=O) groups excluding carboxylic acids is 1. The van der Waals surface area contributed by atoms with Crippen LogP contribution < -0.4 is 0 Å². The van der Waals surface area contributed by atoms with Crippen molar-refractivity contribution >= 4 is 17.2 Å². The van der Waals surface area contributed by atoms with Crippen LogP contribution in [0.4, 0.5) is 0 Å². The molecule has 0 saturated carbocycles. The maximum absolute atomic E-state index is 12.6. The van der Waals surface area contributed by atoms with E-state index in [2.05, 4.69) is 38.1 Å². The number of rotatable bonds is 2. The van der Waals surface area contributed by atoms with Crippen molar-refractivity contribution in [2.75, 3.05) is 6.54 Å². The van der Waals surface area contributed by atoms with Gasteiger partial charge in [-0.1, -0.05) is 31.2 Å². The molecule has 3 heteroatoms. The van der Waals surface area contributed by atoms with Crippen LogP contribution >= 0.6 is 11.3 Å². The van der Waals surface area contributed by atoms with Gasteiger partial charge in [0.05, 0.1) is 4.88 Å². The Morgan fingerprint density at radius 2 is 2.05 bits per heavy atom. The minimum atomic E-state index is 0.187. The first kappa shape index (κ1) is 13.4. The van der Waals surface area contributed by atoms with E-state index in [4.69, 9.17) is 0 Å². The molecule has 1 aliphatic rings. The molecule has 0 saturated heterocycles. The van der Waals surface area contributed by atoms with Crippen LogP contribution in [0.3, 0.4) is 0 Å². The standard InChI is InChI=1S/C17H19NOS/c1-3-15-12(2)10-16(20-15)17(19)18-9-8-13-6-4-5-7-14(13)11-18/h4-7,10H,3,8-9,11H2,1-2H3. The smallest absolute Gasteiger partial charge is 0.264 e. The molecule has 0 unspecified atom stereocenters. The highest BCUT2D eigenvalue weighted by Gasteiger charge is 2.23. The van der Waals surface area contributed by atoms with Crippen molar-refractivity contribution in [2.45, 2.75) is 33.2 Å². The summed E-state index contributed by atoms with van der Waals surface area (Å²) in [5.41, 5.74) is 3.92. The van der Waals surface area contributed by atoms with Gasteiger partial charge in [-0.25, -0.2) is 0 Å². The van der Waals surface area contributed by atoms with E-state index in [1.807, 2.05) is 11.0 Å². The van der Waals surface area contributed by atoms with Gasteiger partial charge in [0.2, 0.25) is 0 Å². The molecular weight excluding hydrogens is 266 g/mol. The number of thiophene rings is 1. The normalized spacial score (nSPS) is 14.2. The number of hydrogen-bond donors (Lipinski definition) is 0. The second kappa shape index (κ2) is 5.41. The molecule has 1 aromatic heterocycles. The lowest BCUT2D eigenvalue weighted by molar-refractivity contribution is 0.0739. The summed E-state index contributed by atoms with van der Waals surface area (Å²) in [4.78, 5) is 16.8. The van der Waals surface area contributed by atoms with E-state index < -0.39 is 0 Å². The predicted octanol–water partition coefficient (Wildman–Crippen LogP) is 3.82. The third-order valence-corrected chi connectivity index (χ3v) is 5.34. The Kier molecular flexibility index (Phi) is 3.62. The number of fused-ring (bicyclic) bond motifs is 1. The zero-order valence-corrected chi connectivity index (χ0v) is 12.8. The lowest BCUT2D eigenvalue weighted by Gasteiger charge is -2.28. The fourth-order valence-electron chi connectivity index (χ4n) is 2.80. The Balaban J connectivity index is 1.82. The number of nitrogens with zero attached hydrogens (tertiary/aromatic N) is 1. The summed E-state index contributed by atoms with van der Waals surface area (Å²) in [6.45, 7) is 5.81. The highest BCUT2D eigenvalue weighted by atomic mass is 32.1. The van der Waals surface area contributed by atoms with Crippen LogP contribution in [-0.2, 0) is 19.4 Å². The fourth-order valence-corrected chi connectivity index (χ4v) is 3.88. The highest BCUT2D eigenvalue weighted by molar-refractivity contribution is 7.14. The zero-order valence-electron chi connectivity index (χ0n) is 12.0. The van der Waals surface area contributed by atoms with Crippen LogP contribution in [0.15, 0.2) is 30.3 Å². The molecule has 2 nitrogen and oxygen atoms in total. The molecule has 20 heavy (non-hydrogen) atoms. The molecule has 0 N–H and O–H groups in total. The largest absolute Gasteiger partial charge is 0.333 e. The molecule has 0 bridgehead atoms. The molecule has 0 aliphatic carbocycles. The van der Waals surface area contributed by atoms with Crippen LogP contribution in [0.25, 0.3) is 0 Å². The molecule has 1 aliphatic heterocycles. The summed E-state index contributed by atoms with van der Waals surface area (Å²) in [5.74, 6) is 0.187. The minimum absolute atomic E-state index is 0.187. The number of aryl methyl sites for hydroxylation is 2. The topological polar surface area (TPSA) is 20.3 Å². The second-order valence-electron chi connectivity index (χ2n) is 5.32.